The number of hydrogen-bond acceptors (Lipinski definition) is 6. The Labute approximate surface area is 230 Å². The highest BCUT2D eigenvalue weighted by atomic mass is 16.7. The van der Waals surface area contributed by atoms with Crippen LogP contribution in [0.15, 0.2) is 48.5 Å². The first-order valence-corrected chi connectivity index (χ1v) is 14.4. The second kappa shape index (κ2) is 12.8. The van der Waals surface area contributed by atoms with Gasteiger partial charge in [0.1, 0.15) is 0 Å². The number of ether oxygens (including phenoxy) is 3. The van der Waals surface area contributed by atoms with Crippen molar-refractivity contribution in [2.75, 3.05) is 37.9 Å². The number of aliphatic carboxylic acids is 1. The number of fused-ring (bicyclic) bond motifs is 1. The molecule has 2 aromatic rings. The normalized spacial score (nSPS) is 24.5. The van der Waals surface area contributed by atoms with E-state index in [1.54, 1.807) is 0 Å². The Bertz CT molecular complexity index is 1120. The number of rotatable bonds is 11. The van der Waals surface area contributed by atoms with Gasteiger partial charge in [-0.25, -0.2) is 0 Å². The fraction of sp³-hybridized carbons (Fsp3) is 0.548. The van der Waals surface area contributed by atoms with Gasteiger partial charge < -0.3 is 24.2 Å². The Kier molecular flexibility index (Phi) is 9.04. The Balaban J connectivity index is 1.40. The zero-order valence-electron chi connectivity index (χ0n) is 22.8. The Morgan fingerprint density at radius 3 is 2.62 bits per heavy atom. The van der Waals surface area contributed by atoms with E-state index < -0.39 is 11.9 Å². The van der Waals surface area contributed by atoms with E-state index in [2.05, 4.69) is 11.8 Å². The van der Waals surface area contributed by atoms with E-state index in [0.29, 0.717) is 31.0 Å². The molecule has 1 amide bonds. The fourth-order valence-electron chi connectivity index (χ4n) is 6.31. The second-order valence-electron chi connectivity index (χ2n) is 10.9. The van der Waals surface area contributed by atoms with Crippen molar-refractivity contribution in [1.29, 1.82) is 0 Å². The minimum atomic E-state index is -0.826. The zero-order valence-corrected chi connectivity index (χ0v) is 22.8. The fourth-order valence-corrected chi connectivity index (χ4v) is 6.31. The summed E-state index contributed by atoms with van der Waals surface area (Å²) in [5, 5.41) is 10.5. The van der Waals surface area contributed by atoms with Crippen molar-refractivity contribution in [2.45, 2.75) is 69.9 Å². The van der Waals surface area contributed by atoms with E-state index in [9.17, 15) is 14.7 Å². The quantitative estimate of drug-likeness (QED) is 0.429. The van der Waals surface area contributed by atoms with Crippen LogP contribution in [0.5, 0.6) is 11.5 Å². The van der Waals surface area contributed by atoms with Crippen LogP contribution in [-0.2, 0) is 14.3 Å². The molecule has 210 valence electrons. The molecule has 2 fully saturated rings. The van der Waals surface area contributed by atoms with Crippen LogP contribution < -0.4 is 14.4 Å². The summed E-state index contributed by atoms with van der Waals surface area (Å²) in [6, 6.07) is 15.2. The van der Waals surface area contributed by atoms with Gasteiger partial charge >= 0.3 is 5.97 Å². The summed E-state index contributed by atoms with van der Waals surface area (Å²) in [4.78, 5) is 30.6. The van der Waals surface area contributed by atoms with Crippen LogP contribution in [0.4, 0.5) is 5.69 Å². The van der Waals surface area contributed by atoms with Crippen LogP contribution in [0.2, 0.25) is 0 Å². The van der Waals surface area contributed by atoms with Crippen LogP contribution >= 0.6 is 0 Å². The largest absolute Gasteiger partial charge is 0.481 e. The predicted molar refractivity (Wildman–Crippen MR) is 148 cm³/mol. The summed E-state index contributed by atoms with van der Waals surface area (Å²) in [7, 11) is 0. The van der Waals surface area contributed by atoms with Crippen molar-refractivity contribution in [1.82, 2.24) is 4.90 Å². The standard InChI is InChI=1S/C31H40N2O6/c1-2-3-16-33(23-9-5-4-6-10-23)29(34)20-32-19-25(22-12-15-27-28(18-22)39-21-38-27)30(31(35)36)26(32)14-13-24-11-7-8-17-37-24/h4-6,9-10,12,15,18,24-26,30H,2-3,7-8,11,13-14,16-17,19-21H2,1H3,(H,35,36)/t24?,25?,26?,30-/m1/s1. The lowest BCUT2D eigenvalue weighted by atomic mass is 9.83. The first-order chi connectivity index (χ1) is 19.0. The number of unbranched alkanes of at least 4 members (excludes halogenated alkanes) is 1. The number of carbonyl (C=O) groups excluding carboxylic acids is 1. The van der Waals surface area contributed by atoms with Crippen LogP contribution in [0.1, 0.15) is 63.4 Å². The number of likely N-dealkylation sites (tertiary alicyclic amines) is 1. The molecule has 0 aromatic heterocycles. The van der Waals surface area contributed by atoms with E-state index in [0.717, 1.165) is 56.4 Å². The molecule has 1 N–H and O–H groups in total. The van der Waals surface area contributed by atoms with E-state index >= 15 is 0 Å². The second-order valence-corrected chi connectivity index (χ2v) is 10.9. The lowest BCUT2D eigenvalue weighted by Crippen LogP contribution is -2.45. The molecular formula is C31H40N2O6. The minimum absolute atomic E-state index is 0.00374. The monoisotopic (exact) mass is 536 g/mol. The summed E-state index contributed by atoms with van der Waals surface area (Å²) in [6.07, 6.45) is 6.75. The maximum absolute atomic E-state index is 13.8. The van der Waals surface area contributed by atoms with Gasteiger partial charge in [0.25, 0.3) is 0 Å². The first-order valence-electron chi connectivity index (χ1n) is 14.4. The molecule has 3 aliphatic heterocycles. The number of amides is 1. The number of para-hydroxylation sites is 1. The third-order valence-electron chi connectivity index (χ3n) is 8.36. The number of carboxylic acids is 1. The van der Waals surface area contributed by atoms with Crippen LogP contribution in [0.3, 0.4) is 0 Å². The van der Waals surface area contributed by atoms with Gasteiger partial charge in [-0.3, -0.25) is 14.5 Å². The average molecular weight is 537 g/mol. The molecule has 2 saturated heterocycles. The van der Waals surface area contributed by atoms with Gasteiger partial charge in [-0.05, 0) is 68.4 Å². The van der Waals surface area contributed by atoms with Crippen molar-refractivity contribution < 1.29 is 28.9 Å². The first kappa shape index (κ1) is 27.5. The molecule has 0 saturated carbocycles. The number of hydrogen-bond donors (Lipinski definition) is 1. The summed E-state index contributed by atoms with van der Waals surface area (Å²) >= 11 is 0. The smallest absolute Gasteiger partial charge is 0.308 e. The molecule has 39 heavy (non-hydrogen) atoms. The molecule has 0 bridgehead atoms. The maximum atomic E-state index is 13.8. The van der Waals surface area contributed by atoms with Crippen molar-refractivity contribution >= 4 is 17.6 Å². The molecule has 2 aromatic carbocycles. The molecule has 5 rings (SSSR count). The summed E-state index contributed by atoms with van der Waals surface area (Å²) in [6.45, 7) is 4.37. The lowest BCUT2D eigenvalue weighted by molar-refractivity contribution is -0.143. The SMILES string of the molecule is CCCCN(C(=O)CN1CC(c2ccc3c(c2)OCO3)[C@@H](C(=O)O)C1CCC1CCCCO1)c1ccccc1. The Morgan fingerprint density at radius 1 is 1.05 bits per heavy atom. The number of benzene rings is 2. The summed E-state index contributed by atoms with van der Waals surface area (Å²) < 4.78 is 17.1. The molecule has 0 aliphatic carbocycles. The van der Waals surface area contributed by atoms with Crippen molar-refractivity contribution in [2.24, 2.45) is 5.92 Å². The third kappa shape index (κ3) is 6.39. The maximum Gasteiger partial charge on any atom is 0.308 e. The lowest BCUT2D eigenvalue weighted by Gasteiger charge is -2.31. The molecule has 8 nitrogen and oxygen atoms in total. The molecule has 0 radical (unpaired) electrons. The molecular weight excluding hydrogens is 496 g/mol. The van der Waals surface area contributed by atoms with E-state index in [1.807, 2.05) is 53.4 Å². The van der Waals surface area contributed by atoms with Gasteiger partial charge in [0.05, 0.1) is 18.6 Å². The van der Waals surface area contributed by atoms with Crippen LogP contribution in [-0.4, -0.2) is 67.1 Å². The van der Waals surface area contributed by atoms with Gasteiger partial charge in [0.15, 0.2) is 11.5 Å². The number of anilines is 1. The molecule has 3 heterocycles. The van der Waals surface area contributed by atoms with Gasteiger partial charge in [0, 0.05) is 37.3 Å². The van der Waals surface area contributed by atoms with Crippen LogP contribution in [0.25, 0.3) is 0 Å². The predicted octanol–water partition coefficient (Wildman–Crippen LogP) is 5.07. The number of carbonyl (C=O) groups is 2. The van der Waals surface area contributed by atoms with Crippen LogP contribution in [0, 0.1) is 5.92 Å². The topological polar surface area (TPSA) is 88.5 Å². The minimum Gasteiger partial charge on any atom is -0.481 e. The number of carboxylic acid groups (broad SMARTS) is 1. The van der Waals surface area contributed by atoms with Crippen molar-refractivity contribution in [3.63, 3.8) is 0 Å². The molecule has 0 spiro atoms. The Morgan fingerprint density at radius 2 is 1.87 bits per heavy atom. The van der Waals surface area contributed by atoms with Crippen molar-refractivity contribution in [3.8, 4) is 11.5 Å². The average Bonchev–Trinajstić information content (AvgIpc) is 3.57. The highest BCUT2D eigenvalue weighted by Gasteiger charge is 2.47. The Hall–Kier alpha value is -3.10. The molecule has 3 aliphatic rings. The number of nitrogens with zero attached hydrogens (tertiary/aromatic N) is 2. The summed E-state index contributed by atoms with van der Waals surface area (Å²) in [5.41, 5.74) is 1.79. The highest BCUT2D eigenvalue weighted by Crippen LogP contribution is 2.43. The van der Waals surface area contributed by atoms with E-state index in [-0.39, 0.29) is 37.3 Å². The van der Waals surface area contributed by atoms with Gasteiger partial charge in [-0.1, -0.05) is 37.6 Å². The van der Waals surface area contributed by atoms with Gasteiger partial charge in [0.2, 0.25) is 12.7 Å². The zero-order chi connectivity index (χ0) is 27.2. The molecule has 4 atom stereocenters. The highest BCUT2D eigenvalue weighted by molar-refractivity contribution is 5.95. The summed E-state index contributed by atoms with van der Waals surface area (Å²) in [5.74, 6) is -0.396. The van der Waals surface area contributed by atoms with E-state index in [4.69, 9.17) is 14.2 Å². The molecule has 3 unspecified atom stereocenters. The van der Waals surface area contributed by atoms with Crippen molar-refractivity contribution in [3.05, 3.63) is 54.1 Å². The van der Waals surface area contributed by atoms with Gasteiger partial charge in [-0.15, -0.1) is 0 Å². The molecule has 8 heteroatoms. The van der Waals surface area contributed by atoms with E-state index in [1.165, 1.54) is 0 Å². The third-order valence-corrected chi connectivity index (χ3v) is 8.36. The van der Waals surface area contributed by atoms with Gasteiger partial charge in [-0.2, -0.15) is 0 Å².